The van der Waals surface area contributed by atoms with Gasteiger partial charge in [-0.15, -0.1) is 0 Å². The van der Waals surface area contributed by atoms with E-state index in [0.29, 0.717) is 0 Å². The fourth-order valence-electron chi connectivity index (χ4n) is 0.506. The Morgan fingerprint density at radius 3 is 2.91 bits per heavy atom. The van der Waals surface area contributed by atoms with Crippen LogP contribution in [0.5, 0.6) is 0 Å². The number of carbonyl (C=O) groups is 1. The third-order valence-electron chi connectivity index (χ3n) is 0.911. The highest BCUT2D eigenvalue weighted by Crippen LogP contribution is 1.95. The van der Waals surface area contributed by atoms with Gasteiger partial charge in [0.2, 0.25) is 0 Å². The fraction of sp³-hybridized carbons (Fsp3) is 0.857. The molecule has 0 saturated carbocycles. The molecule has 0 spiro atoms. The van der Waals surface area contributed by atoms with Gasteiger partial charge >= 0.3 is 6.09 Å². The maximum atomic E-state index is 11.7. The smallest absolute Gasteiger partial charge is 0.409 e. The summed E-state index contributed by atoms with van der Waals surface area (Å²) in [5.74, 6) is 0. The van der Waals surface area contributed by atoms with Crippen molar-refractivity contribution in [3.05, 3.63) is 0 Å². The van der Waals surface area contributed by atoms with Gasteiger partial charge in [0.15, 0.2) is 0 Å². The minimum absolute atomic E-state index is 0.180. The zero-order valence-corrected chi connectivity index (χ0v) is 5.97. The van der Waals surface area contributed by atoms with Crippen LogP contribution < -0.4 is 5.32 Å². The molecule has 0 radical (unpaired) electrons. The molecule has 0 aromatic carbocycles. The normalized spacial score (nSPS) is 47.2. The molecule has 1 N–H and O–H groups in total. The first-order valence-corrected chi connectivity index (χ1v) is 3.07. The van der Waals surface area contributed by atoms with E-state index in [0.717, 1.165) is 0 Å². The number of ether oxygens (including phenoxy) is 1. The Morgan fingerprint density at radius 2 is 2.36 bits per heavy atom. The number of carbonyl (C=O) groups excluding carboxylic acids is 1. The van der Waals surface area contributed by atoms with Crippen LogP contribution in [0.3, 0.4) is 0 Å². The Balaban J connectivity index is 3.37. The number of hydrogen-bond donors (Lipinski definition) is 1. The molecule has 0 aromatic heterocycles. The highest BCUT2D eigenvalue weighted by Gasteiger charge is 2.15. The van der Waals surface area contributed by atoms with E-state index in [4.69, 9.17) is 11.0 Å². The first-order chi connectivity index (χ1) is 8.31. The number of piperazine rings is 1. The third kappa shape index (κ3) is 2.38. The molecule has 11 heavy (non-hydrogen) atoms. The van der Waals surface area contributed by atoms with Gasteiger partial charge < -0.3 is 15.0 Å². The number of amides is 1. The van der Waals surface area contributed by atoms with E-state index in [-0.39, 0.29) is 11.5 Å². The number of nitrogens with one attached hydrogen (secondary N) is 1. The summed E-state index contributed by atoms with van der Waals surface area (Å²) in [6.45, 7) is -11.0. The average molecular weight is 166 g/mol. The lowest BCUT2D eigenvalue weighted by Crippen LogP contribution is -2.46. The van der Waals surface area contributed by atoms with Crippen molar-refractivity contribution >= 4 is 6.09 Å². The standard InChI is InChI=1S/C7H14N2O2/c1-2-11-7(10)9-5-3-8-4-6-9/h8H,2-6H2,1H3/i3D2,4D2,5D2,6D2. The van der Waals surface area contributed by atoms with Gasteiger partial charge in [0.25, 0.3) is 0 Å². The first kappa shape index (κ1) is 2.62. The van der Waals surface area contributed by atoms with Gasteiger partial charge in [-0.25, -0.2) is 4.79 Å². The highest BCUT2D eigenvalue weighted by molar-refractivity contribution is 5.67. The maximum Gasteiger partial charge on any atom is 0.409 e. The van der Waals surface area contributed by atoms with Gasteiger partial charge in [0.05, 0.1) is 12.1 Å². The predicted molar refractivity (Wildman–Crippen MR) is 41.5 cm³/mol. The molecule has 1 saturated heterocycles. The Labute approximate surface area is 77.7 Å². The molecule has 0 bridgehead atoms. The van der Waals surface area contributed by atoms with E-state index in [1.54, 1.807) is 5.32 Å². The lowest BCUT2D eigenvalue weighted by molar-refractivity contribution is 0.102. The van der Waals surface area contributed by atoms with E-state index < -0.39 is 32.1 Å². The minimum Gasteiger partial charge on any atom is -0.450 e. The summed E-state index contributed by atoms with van der Waals surface area (Å²) in [4.78, 5) is 11.5. The number of rotatable bonds is 1. The van der Waals surface area contributed by atoms with Crippen molar-refractivity contribution in [2.24, 2.45) is 0 Å². The average Bonchev–Trinajstić information content (AvgIpc) is 2.12. The van der Waals surface area contributed by atoms with Gasteiger partial charge in [0.1, 0.15) is 0 Å². The Hall–Kier alpha value is -0.770. The van der Waals surface area contributed by atoms with Gasteiger partial charge in [-0.2, -0.15) is 0 Å². The lowest BCUT2D eigenvalue weighted by atomic mass is 10.4. The van der Waals surface area contributed by atoms with Crippen LogP contribution in [0, 0.1) is 0 Å². The summed E-state index contributed by atoms with van der Waals surface area (Å²) < 4.78 is 64.6. The minimum atomic E-state index is -3.13. The Morgan fingerprint density at radius 1 is 1.73 bits per heavy atom. The Kier molecular flexibility index (Phi) is 0.996. The number of nitrogens with zero attached hydrogens (tertiary/aromatic N) is 1. The summed E-state index contributed by atoms with van der Waals surface area (Å²) in [5, 5.41) is 1.61. The second kappa shape index (κ2) is 4.18. The molecule has 1 rings (SSSR count). The second-order valence-electron chi connectivity index (χ2n) is 1.63. The van der Waals surface area contributed by atoms with Crippen LogP contribution in [-0.2, 0) is 4.74 Å². The van der Waals surface area contributed by atoms with Crippen LogP contribution in [0.15, 0.2) is 0 Å². The van der Waals surface area contributed by atoms with E-state index >= 15 is 0 Å². The van der Waals surface area contributed by atoms with Crippen LogP contribution in [0.1, 0.15) is 17.9 Å². The number of hydrogen-bond acceptors (Lipinski definition) is 3. The van der Waals surface area contributed by atoms with Gasteiger partial charge in [0, 0.05) is 31.5 Å². The lowest BCUT2D eigenvalue weighted by Gasteiger charge is -2.26. The van der Waals surface area contributed by atoms with Crippen molar-refractivity contribution in [3.63, 3.8) is 0 Å². The molecular formula is C7H14N2O2. The predicted octanol–water partition coefficient (Wildman–Crippen LogP) is 0.0481. The summed E-state index contributed by atoms with van der Waals surface area (Å²) in [5.41, 5.74) is 0. The second-order valence-corrected chi connectivity index (χ2v) is 1.63. The van der Waals surface area contributed by atoms with Crippen LogP contribution in [0.25, 0.3) is 0 Å². The summed E-state index contributed by atoms with van der Waals surface area (Å²) in [6.07, 6.45) is -1.47. The van der Waals surface area contributed by atoms with Crippen LogP contribution >= 0.6 is 0 Å². The molecule has 1 amide bonds. The molecule has 1 fully saturated rings. The van der Waals surface area contributed by atoms with Crippen molar-refractivity contribution < 1.29 is 20.5 Å². The van der Waals surface area contributed by atoms with Crippen molar-refractivity contribution in [1.29, 1.82) is 0 Å². The highest BCUT2D eigenvalue weighted by atomic mass is 16.6. The molecule has 4 nitrogen and oxygen atoms in total. The van der Waals surface area contributed by atoms with Crippen LogP contribution in [0.2, 0.25) is 0 Å². The van der Waals surface area contributed by atoms with E-state index in [1.807, 2.05) is 0 Å². The van der Waals surface area contributed by atoms with Gasteiger partial charge in [-0.1, -0.05) is 0 Å². The van der Waals surface area contributed by atoms with Crippen molar-refractivity contribution in [3.8, 4) is 0 Å². The third-order valence-corrected chi connectivity index (χ3v) is 0.911. The summed E-state index contributed by atoms with van der Waals surface area (Å²) >= 11 is 0. The molecular weight excluding hydrogens is 144 g/mol. The van der Waals surface area contributed by atoms with Crippen LogP contribution in [-0.4, -0.2) is 43.6 Å². The molecule has 0 aromatic rings. The monoisotopic (exact) mass is 166 g/mol. The molecule has 4 heteroatoms. The SMILES string of the molecule is [2H]C1([2H])NC([2H])([2H])C([2H])([2H])N(C(=O)OCC)C1([2H])[2H]. The molecule has 1 aliphatic heterocycles. The molecule has 64 valence electrons. The Bertz CT molecular complexity index is 359. The molecule has 0 unspecified atom stereocenters. The molecule has 1 aliphatic rings. The zero-order valence-electron chi connectivity index (χ0n) is 14.0. The quantitative estimate of drug-likeness (QED) is 0.598. The van der Waals surface area contributed by atoms with Gasteiger partial charge in [-0.3, -0.25) is 0 Å². The largest absolute Gasteiger partial charge is 0.450 e. The molecule has 0 atom stereocenters. The van der Waals surface area contributed by atoms with Crippen molar-refractivity contribution in [1.82, 2.24) is 10.2 Å². The van der Waals surface area contributed by atoms with Crippen molar-refractivity contribution in [2.75, 3.05) is 32.6 Å². The first-order valence-electron chi connectivity index (χ1n) is 7.07. The van der Waals surface area contributed by atoms with Gasteiger partial charge in [-0.05, 0) is 6.92 Å². The molecule has 1 heterocycles. The van der Waals surface area contributed by atoms with Crippen LogP contribution in [0.4, 0.5) is 4.79 Å². The topological polar surface area (TPSA) is 41.6 Å². The summed E-state index contributed by atoms with van der Waals surface area (Å²) in [6, 6.07) is 0. The van der Waals surface area contributed by atoms with Crippen molar-refractivity contribution in [2.45, 2.75) is 6.92 Å². The maximum absolute atomic E-state index is 11.7. The zero-order chi connectivity index (χ0) is 15.3. The van der Waals surface area contributed by atoms with E-state index in [1.165, 1.54) is 6.92 Å². The summed E-state index contributed by atoms with van der Waals surface area (Å²) in [7, 11) is 0. The molecule has 0 aliphatic carbocycles. The fourth-order valence-corrected chi connectivity index (χ4v) is 0.506. The van der Waals surface area contributed by atoms with E-state index in [2.05, 4.69) is 4.74 Å². The van der Waals surface area contributed by atoms with E-state index in [9.17, 15) is 4.79 Å².